The maximum atomic E-state index is 13.8. The van der Waals surface area contributed by atoms with Crippen LogP contribution in [0.5, 0.6) is 0 Å². The molecule has 1 aliphatic heterocycles. The van der Waals surface area contributed by atoms with Crippen molar-refractivity contribution in [1.29, 1.82) is 5.26 Å². The largest absolute Gasteiger partial charge is 0.330 e. The van der Waals surface area contributed by atoms with Crippen LogP contribution in [0, 0.1) is 17.2 Å². The molecule has 0 radical (unpaired) electrons. The van der Waals surface area contributed by atoms with Crippen LogP contribution in [0.25, 0.3) is 0 Å². The van der Waals surface area contributed by atoms with Crippen molar-refractivity contribution in [3.8, 4) is 6.07 Å². The number of hydrogen-bond acceptors (Lipinski definition) is 4. The molecule has 2 heterocycles. The van der Waals surface area contributed by atoms with Gasteiger partial charge in [-0.3, -0.25) is 14.3 Å². The topological polar surface area (TPSA) is 91.0 Å². The van der Waals surface area contributed by atoms with Crippen LogP contribution in [0.2, 0.25) is 5.02 Å². The molecule has 8 heteroatoms. The molecular weight excluding hydrogens is 438 g/mol. The lowest BCUT2D eigenvalue weighted by Gasteiger charge is -2.42. The second-order valence-corrected chi connectivity index (χ2v) is 9.07. The van der Waals surface area contributed by atoms with E-state index in [0.29, 0.717) is 33.9 Å². The van der Waals surface area contributed by atoms with Crippen LogP contribution in [-0.2, 0) is 11.8 Å². The molecule has 0 bridgehead atoms. The number of aromatic nitrogens is 2. The summed E-state index contributed by atoms with van der Waals surface area (Å²) in [7, 11) is 1.80. The number of hydrogen-bond donors (Lipinski definition) is 1. The zero-order valence-electron chi connectivity index (χ0n) is 18.6. The summed E-state index contributed by atoms with van der Waals surface area (Å²) in [6.45, 7) is 4.57. The molecule has 0 fully saturated rings. The van der Waals surface area contributed by atoms with Crippen LogP contribution in [0.4, 0.5) is 5.69 Å². The van der Waals surface area contributed by atoms with Gasteiger partial charge in [-0.15, -0.1) is 0 Å². The van der Waals surface area contributed by atoms with Crippen molar-refractivity contribution in [1.82, 2.24) is 14.7 Å². The van der Waals surface area contributed by atoms with E-state index in [1.165, 1.54) is 6.07 Å². The smallest absolute Gasteiger partial charge is 0.254 e. The van der Waals surface area contributed by atoms with Crippen LogP contribution < -0.4 is 5.32 Å². The molecule has 33 heavy (non-hydrogen) atoms. The SMILES string of the molecule is CC(C)CN1C(=O)c2ccccc2[C@H](C(=O)Nc2cc(Cl)cc(C#N)c2)[C@H]1c1cnn(C)c1. The summed E-state index contributed by atoms with van der Waals surface area (Å²) in [5, 5.41) is 16.8. The van der Waals surface area contributed by atoms with Gasteiger partial charge in [-0.25, -0.2) is 0 Å². The number of benzene rings is 2. The maximum Gasteiger partial charge on any atom is 0.254 e. The van der Waals surface area contributed by atoms with E-state index in [2.05, 4.69) is 10.4 Å². The number of anilines is 1. The number of carbonyl (C=O) groups is 2. The van der Waals surface area contributed by atoms with E-state index in [4.69, 9.17) is 11.6 Å². The van der Waals surface area contributed by atoms with Crippen molar-refractivity contribution in [2.45, 2.75) is 25.8 Å². The van der Waals surface area contributed by atoms with E-state index in [9.17, 15) is 14.9 Å². The lowest BCUT2D eigenvalue weighted by atomic mass is 9.79. The zero-order valence-corrected chi connectivity index (χ0v) is 19.4. The summed E-state index contributed by atoms with van der Waals surface area (Å²) in [5.74, 6) is -0.866. The van der Waals surface area contributed by atoms with Crippen LogP contribution in [0.3, 0.4) is 0 Å². The van der Waals surface area contributed by atoms with Gasteiger partial charge in [-0.1, -0.05) is 43.6 Å². The summed E-state index contributed by atoms with van der Waals surface area (Å²) in [5.41, 5.74) is 2.74. The van der Waals surface area contributed by atoms with Gasteiger partial charge in [-0.05, 0) is 35.7 Å². The Hall–Kier alpha value is -3.63. The lowest BCUT2D eigenvalue weighted by Crippen LogP contribution is -2.47. The molecule has 2 amide bonds. The third kappa shape index (κ3) is 4.48. The zero-order chi connectivity index (χ0) is 23.7. The molecule has 1 aromatic heterocycles. The normalized spacial score (nSPS) is 17.6. The molecule has 0 spiro atoms. The predicted molar refractivity (Wildman–Crippen MR) is 126 cm³/mol. The molecule has 0 unspecified atom stereocenters. The molecule has 0 aliphatic carbocycles. The molecule has 168 valence electrons. The molecule has 4 rings (SSSR count). The van der Waals surface area contributed by atoms with Crippen LogP contribution in [-0.4, -0.2) is 33.0 Å². The van der Waals surface area contributed by atoms with Gasteiger partial charge in [0.25, 0.3) is 5.91 Å². The lowest BCUT2D eigenvalue weighted by molar-refractivity contribution is -0.119. The van der Waals surface area contributed by atoms with Gasteiger partial charge in [0.15, 0.2) is 0 Å². The Morgan fingerprint density at radius 3 is 2.70 bits per heavy atom. The number of rotatable bonds is 5. The first-order chi connectivity index (χ1) is 15.8. The van der Waals surface area contributed by atoms with Crippen molar-refractivity contribution in [3.63, 3.8) is 0 Å². The number of aryl methyl sites for hydroxylation is 1. The second kappa shape index (κ2) is 9.08. The van der Waals surface area contributed by atoms with Gasteiger partial charge in [0, 0.05) is 41.6 Å². The van der Waals surface area contributed by atoms with E-state index >= 15 is 0 Å². The summed E-state index contributed by atoms with van der Waals surface area (Å²) in [6, 6.07) is 13.5. The fourth-order valence-electron chi connectivity index (χ4n) is 4.38. The van der Waals surface area contributed by atoms with Crippen LogP contribution in [0.15, 0.2) is 54.9 Å². The minimum atomic E-state index is -0.675. The van der Waals surface area contributed by atoms with Crippen molar-refractivity contribution < 1.29 is 9.59 Å². The fourth-order valence-corrected chi connectivity index (χ4v) is 4.62. The Labute approximate surface area is 197 Å². The second-order valence-electron chi connectivity index (χ2n) is 8.64. The quantitative estimate of drug-likeness (QED) is 0.604. The van der Waals surface area contributed by atoms with Crippen LogP contribution in [0.1, 0.15) is 52.9 Å². The minimum Gasteiger partial charge on any atom is -0.330 e. The first-order valence-electron chi connectivity index (χ1n) is 10.7. The highest BCUT2D eigenvalue weighted by Gasteiger charge is 2.44. The van der Waals surface area contributed by atoms with Gasteiger partial charge < -0.3 is 10.2 Å². The monoisotopic (exact) mass is 461 g/mol. The van der Waals surface area contributed by atoms with Crippen LogP contribution >= 0.6 is 11.6 Å². The number of halogens is 1. The maximum absolute atomic E-state index is 13.8. The molecule has 0 saturated heterocycles. The number of amides is 2. The van der Waals surface area contributed by atoms with Gasteiger partial charge in [0.05, 0.1) is 29.8 Å². The number of fused-ring (bicyclic) bond motifs is 1. The minimum absolute atomic E-state index is 0.105. The average Bonchev–Trinajstić information content (AvgIpc) is 3.20. The van der Waals surface area contributed by atoms with Crippen molar-refractivity contribution in [2.75, 3.05) is 11.9 Å². The third-order valence-electron chi connectivity index (χ3n) is 5.64. The van der Waals surface area contributed by atoms with E-state index in [0.717, 1.165) is 5.56 Å². The third-order valence-corrected chi connectivity index (χ3v) is 5.86. The average molecular weight is 462 g/mol. The standard InChI is InChI=1S/C25H24ClN5O2/c1-15(2)13-31-23(17-12-28-30(3)14-17)22(20-6-4-5-7-21(20)25(31)33)24(32)29-19-9-16(11-27)8-18(26)10-19/h4-10,12,14-15,22-23H,13H2,1-3H3,(H,29,32)/t22-,23+/m0/s1. The Balaban J connectivity index is 1.83. The Morgan fingerprint density at radius 1 is 1.27 bits per heavy atom. The summed E-state index contributed by atoms with van der Waals surface area (Å²) >= 11 is 6.14. The molecule has 0 saturated carbocycles. The number of nitrogens with zero attached hydrogens (tertiary/aromatic N) is 4. The molecule has 1 aliphatic rings. The molecule has 2 atom stereocenters. The number of nitrogens with one attached hydrogen (secondary N) is 1. The highest BCUT2D eigenvalue weighted by Crippen LogP contribution is 2.43. The summed E-state index contributed by atoms with van der Waals surface area (Å²) in [6.07, 6.45) is 3.54. The van der Waals surface area contributed by atoms with Gasteiger partial charge >= 0.3 is 0 Å². The molecule has 3 aromatic rings. The van der Waals surface area contributed by atoms with Crippen molar-refractivity contribution in [2.24, 2.45) is 13.0 Å². The predicted octanol–water partition coefficient (Wildman–Crippen LogP) is 4.52. The van der Waals surface area contributed by atoms with E-state index in [1.54, 1.807) is 47.1 Å². The van der Waals surface area contributed by atoms with E-state index in [-0.39, 0.29) is 17.7 Å². The Bertz CT molecular complexity index is 1260. The Morgan fingerprint density at radius 2 is 2.03 bits per heavy atom. The van der Waals surface area contributed by atoms with E-state index in [1.807, 2.05) is 38.2 Å². The molecular formula is C25H24ClN5O2. The highest BCUT2D eigenvalue weighted by molar-refractivity contribution is 6.31. The highest BCUT2D eigenvalue weighted by atomic mass is 35.5. The first-order valence-corrected chi connectivity index (χ1v) is 11.1. The molecule has 7 nitrogen and oxygen atoms in total. The summed E-state index contributed by atoms with van der Waals surface area (Å²) in [4.78, 5) is 29.0. The summed E-state index contributed by atoms with van der Waals surface area (Å²) < 4.78 is 1.67. The van der Waals surface area contributed by atoms with E-state index < -0.39 is 12.0 Å². The number of nitriles is 1. The van der Waals surface area contributed by atoms with Gasteiger partial charge in [0.1, 0.15) is 0 Å². The fraction of sp³-hybridized carbons (Fsp3) is 0.280. The van der Waals surface area contributed by atoms with Crippen molar-refractivity contribution >= 4 is 29.1 Å². The first kappa shape index (κ1) is 22.6. The van der Waals surface area contributed by atoms with Gasteiger partial charge in [0.2, 0.25) is 5.91 Å². The van der Waals surface area contributed by atoms with Gasteiger partial charge in [-0.2, -0.15) is 10.4 Å². The number of carbonyl (C=O) groups excluding carboxylic acids is 2. The Kier molecular flexibility index (Phi) is 6.21. The molecule has 1 N–H and O–H groups in total. The molecule has 2 aromatic carbocycles. The van der Waals surface area contributed by atoms with Crippen molar-refractivity contribution in [3.05, 3.63) is 82.1 Å².